The third-order valence-corrected chi connectivity index (χ3v) is 7.91. The number of carbonyl (C=O) groups excluding carboxylic acids is 2. The number of methoxy groups -OCH3 is 1. The minimum Gasteiger partial charge on any atom is -0.465 e. The topological polar surface area (TPSA) is 96.0 Å². The van der Waals surface area contributed by atoms with Gasteiger partial charge in [-0.3, -0.25) is 9.10 Å². The van der Waals surface area contributed by atoms with Crippen LogP contribution >= 0.6 is 0 Å². The van der Waals surface area contributed by atoms with E-state index in [4.69, 9.17) is 4.74 Å². The Balaban J connectivity index is 1.46. The molecule has 0 saturated carbocycles. The van der Waals surface area contributed by atoms with Gasteiger partial charge in [0.2, 0.25) is 5.91 Å². The molecule has 2 aliphatic rings. The zero-order valence-corrected chi connectivity index (χ0v) is 18.9. The molecule has 9 heteroatoms. The maximum Gasteiger partial charge on any atom is 0.337 e. The Morgan fingerprint density at radius 2 is 1.73 bits per heavy atom. The highest BCUT2D eigenvalue weighted by molar-refractivity contribution is 7.93. The normalized spacial score (nSPS) is 16.3. The molecule has 0 radical (unpaired) electrons. The van der Waals surface area contributed by atoms with Crippen molar-refractivity contribution in [3.63, 3.8) is 0 Å². The number of nitrogens with one attached hydrogen (secondary N) is 1. The summed E-state index contributed by atoms with van der Waals surface area (Å²) < 4.78 is 32.3. The standard InChI is InChI=1S/C24H23N3O5S/c1-32-24(29)17-10-11-19(26-12-2-3-13-26)18(14-17)25-22(28)15-27-20-8-4-6-16-7-5-9-21(23(16)20)33(27,30)31/h4-11,14H,2-3,12-13,15H2,1H3,(H,25,28). The van der Waals surface area contributed by atoms with E-state index in [9.17, 15) is 18.0 Å². The van der Waals surface area contributed by atoms with Gasteiger partial charge in [-0.05, 0) is 48.6 Å². The van der Waals surface area contributed by atoms with Gasteiger partial charge in [0.05, 0.1) is 34.6 Å². The first kappa shape index (κ1) is 21.3. The number of anilines is 3. The van der Waals surface area contributed by atoms with Crippen LogP contribution < -0.4 is 14.5 Å². The highest BCUT2D eigenvalue weighted by Crippen LogP contribution is 2.42. The third kappa shape index (κ3) is 3.58. The Bertz CT molecular complexity index is 1370. The zero-order valence-electron chi connectivity index (χ0n) is 18.1. The van der Waals surface area contributed by atoms with Crippen LogP contribution in [0.15, 0.2) is 59.5 Å². The SMILES string of the molecule is COC(=O)c1ccc(N2CCCC2)c(NC(=O)CN2c3cccc4cccc(c34)S2(=O)=O)c1. The van der Waals surface area contributed by atoms with Gasteiger partial charge < -0.3 is 15.0 Å². The van der Waals surface area contributed by atoms with Crippen molar-refractivity contribution in [2.24, 2.45) is 0 Å². The molecule has 0 unspecified atom stereocenters. The minimum atomic E-state index is -3.85. The zero-order chi connectivity index (χ0) is 23.2. The fourth-order valence-corrected chi connectivity index (χ4v) is 6.23. The van der Waals surface area contributed by atoms with Crippen molar-refractivity contribution in [1.29, 1.82) is 0 Å². The van der Waals surface area contributed by atoms with Gasteiger partial charge in [0, 0.05) is 18.5 Å². The molecule has 1 N–H and O–H groups in total. The molecule has 1 saturated heterocycles. The van der Waals surface area contributed by atoms with E-state index in [1.807, 2.05) is 12.1 Å². The number of nitrogens with zero attached hydrogens (tertiary/aromatic N) is 2. The highest BCUT2D eigenvalue weighted by atomic mass is 32.2. The van der Waals surface area contributed by atoms with Crippen LogP contribution in [0.25, 0.3) is 10.8 Å². The number of hydrogen-bond donors (Lipinski definition) is 1. The van der Waals surface area contributed by atoms with E-state index in [1.54, 1.807) is 42.5 Å². The quantitative estimate of drug-likeness (QED) is 0.581. The van der Waals surface area contributed by atoms with Gasteiger partial charge in [0.25, 0.3) is 10.0 Å². The summed E-state index contributed by atoms with van der Waals surface area (Å²) >= 11 is 0. The van der Waals surface area contributed by atoms with Crippen LogP contribution in [0, 0.1) is 0 Å². The van der Waals surface area contributed by atoms with Crippen LogP contribution in [0.5, 0.6) is 0 Å². The molecule has 0 spiro atoms. The van der Waals surface area contributed by atoms with Crippen LogP contribution in [0.3, 0.4) is 0 Å². The number of ether oxygens (including phenoxy) is 1. The van der Waals surface area contributed by atoms with Crippen molar-refractivity contribution in [3.8, 4) is 0 Å². The Hall–Kier alpha value is -3.59. The van der Waals surface area contributed by atoms with Crippen molar-refractivity contribution in [3.05, 3.63) is 60.2 Å². The van der Waals surface area contributed by atoms with Crippen molar-refractivity contribution in [1.82, 2.24) is 0 Å². The predicted octanol–water partition coefficient (Wildman–Crippen LogP) is 3.37. The molecule has 1 fully saturated rings. The van der Waals surface area contributed by atoms with Crippen LogP contribution in [0.1, 0.15) is 23.2 Å². The molecular weight excluding hydrogens is 442 g/mol. The van der Waals surface area contributed by atoms with Crippen LogP contribution in [0.4, 0.5) is 17.1 Å². The molecule has 0 aliphatic carbocycles. The smallest absolute Gasteiger partial charge is 0.337 e. The van der Waals surface area contributed by atoms with Crippen LogP contribution in [-0.2, 0) is 19.6 Å². The lowest BCUT2D eigenvalue weighted by Gasteiger charge is -2.23. The fraction of sp³-hybridized carbons (Fsp3) is 0.250. The lowest BCUT2D eigenvalue weighted by molar-refractivity contribution is -0.114. The largest absolute Gasteiger partial charge is 0.465 e. The van der Waals surface area contributed by atoms with Crippen molar-refractivity contribution >= 4 is 49.7 Å². The molecule has 1 amide bonds. The molecule has 0 atom stereocenters. The Morgan fingerprint density at radius 3 is 2.45 bits per heavy atom. The molecule has 2 heterocycles. The summed E-state index contributed by atoms with van der Waals surface area (Å²) in [5.74, 6) is -1.01. The lowest BCUT2D eigenvalue weighted by Crippen LogP contribution is -2.36. The van der Waals surface area contributed by atoms with Gasteiger partial charge in [0.15, 0.2) is 0 Å². The monoisotopic (exact) mass is 465 g/mol. The highest BCUT2D eigenvalue weighted by Gasteiger charge is 2.36. The summed E-state index contributed by atoms with van der Waals surface area (Å²) in [5.41, 5.74) is 2.04. The molecule has 0 bridgehead atoms. The number of carbonyl (C=O) groups is 2. The first-order valence-corrected chi connectivity index (χ1v) is 12.2. The van der Waals surface area contributed by atoms with Gasteiger partial charge in [-0.2, -0.15) is 0 Å². The van der Waals surface area contributed by atoms with Gasteiger partial charge in [-0.1, -0.05) is 24.3 Å². The van der Waals surface area contributed by atoms with E-state index in [1.165, 1.54) is 7.11 Å². The first-order valence-electron chi connectivity index (χ1n) is 10.7. The van der Waals surface area contributed by atoms with Gasteiger partial charge in [-0.15, -0.1) is 0 Å². The Morgan fingerprint density at radius 1 is 1.00 bits per heavy atom. The number of esters is 1. The van der Waals surface area contributed by atoms with Gasteiger partial charge >= 0.3 is 5.97 Å². The Labute approximate surface area is 191 Å². The van der Waals surface area contributed by atoms with E-state index in [-0.39, 0.29) is 11.4 Å². The summed E-state index contributed by atoms with van der Waals surface area (Å²) in [6.45, 7) is 1.31. The number of benzene rings is 3. The molecule has 3 aromatic carbocycles. The first-order chi connectivity index (χ1) is 15.9. The molecule has 33 heavy (non-hydrogen) atoms. The van der Waals surface area contributed by atoms with Crippen LogP contribution in [-0.4, -0.2) is 47.0 Å². The number of amides is 1. The second-order valence-corrected chi connectivity index (χ2v) is 9.94. The molecule has 5 rings (SSSR count). The van der Waals surface area contributed by atoms with Crippen molar-refractivity contribution in [2.45, 2.75) is 17.7 Å². The third-order valence-electron chi connectivity index (χ3n) is 6.11. The number of hydrogen-bond acceptors (Lipinski definition) is 6. The maximum absolute atomic E-state index is 13.2. The van der Waals surface area contributed by atoms with E-state index >= 15 is 0 Å². The van der Waals surface area contributed by atoms with E-state index in [0.29, 0.717) is 22.3 Å². The number of sulfonamides is 1. The van der Waals surface area contributed by atoms with Gasteiger partial charge in [0.1, 0.15) is 6.54 Å². The second-order valence-electron chi connectivity index (χ2n) is 8.11. The molecule has 2 aliphatic heterocycles. The van der Waals surface area contributed by atoms with E-state index < -0.39 is 21.9 Å². The predicted molar refractivity (Wildman–Crippen MR) is 126 cm³/mol. The fourth-order valence-electron chi connectivity index (χ4n) is 4.56. The van der Waals surface area contributed by atoms with Crippen molar-refractivity contribution in [2.75, 3.05) is 41.3 Å². The second kappa shape index (κ2) is 8.08. The average molecular weight is 466 g/mol. The summed E-state index contributed by atoms with van der Waals surface area (Å²) in [6, 6.07) is 15.5. The summed E-state index contributed by atoms with van der Waals surface area (Å²) in [6.07, 6.45) is 2.08. The molecular formula is C24H23N3O5S. The lowest BCUT2D eigenvalue weighted by atomic mass is 10.1. The Kier molecular flexibility index (Phi) is 5.20. The molecule has 8 nitrogen and oxygen atoms in total. The summed E-state index contributed by atoms with van der Waals surface area (Å²) in [5, 5.41) is 4.26. The molecule has 170 valence electrons. The molecule has 3 aromatic rings. The summed E-state index contributed by atoms with van der Waals surface area (Å²) in [7, 11) is -2.55. The average Bonchev–Trinajstić information content (AvgIpc) is 3.42. The minimum absolute atomic E-state index is 0.203. The van der Waals surface area contributed by atoms with Gasteiger partial charge in [-0.25, -0.2) is 13.2 Å². The summed E-state index contributed by atoms with van der Waals surface area (Å²) in [4.78, 5) is 27.5. The van der Waals surface area contributed by atoms with Crippen molar-refractivity contribution < 1.29 is 22.7 Å². The maximum atomic E-state index is 13.2. The van der Waals surface area contributed by atoms with Crippen LogP contribution in [0.2, 0.25) is 0 Å². The van der Waals surface area contributed by atoms with E-state index in [0.717, 1.165) is 41.3 Å². The van der Waals surface area contributed by atoms with E-state index in [2.05, 4.69) is 10.2 Å². The molecule has 0 aromatic heterocycles. The number of rotatable bonds is 5.